The fourth-order valence-corrected chi connectivity index (χ4v) is 3.12. The molecule has 21 heavy (non-hydrogen) atoms. The van der Waals surface area contributed by atoms with Crippen LogP contribution < -0.4 is 4.74 Å². The summed E-state index contributed by atoms with van der Waals surface area (Å²) in [4.78, 5) is 16.6. The van der Waals surface area contributed by atoms with E-state index in [-0.39, 0.29) is 0 Å². The lowest BCUT2D eigenvalue weighted by Crippen LogP contribution is -1.96. The molecule has 0 atom stereocenters. The van der Waals surface area contributed by atoms with Crippen molar-refractivity contribution in [2.24, 2.45) is 0 Å². The Balaban J connectivity index is 1.99. The first-order valence-corrected chi connectivity index (χ1v) is 7.37. The Morgan fingerprint density at radius 2 is 2.10 bits per heavy atom. The second-order valence-corrected chi connectivity index (χ2v) is 5.54. The molecule has 108 valence electrons. The minimum atomic E-state index is -0.911. The minimum absolute atomic E-state index is 0.329. The molecule has 0 saturated heterocycles. The van der Waals surface area contributed by atoms with Gasteiger partial charge < -0.3 is 9.84 Å². The van der Waals surface area contributed by atoms with Gasteiger partial charge in [0.2, 0.25) is 0 Å². The Morgan fingerprint density at radius 3 is 2.67 bits per heavy atom. The van der Waals surface area contributed by atoms with Crippen LogP contribution >= 0.6 is 11.3 Å². The maximum Gasteiger partial charge on any atom is 0.347 e. The highest BCUT2D eigenvalue weighted by atomic mass is 32.1. The number of hydrogen-bond donors (Lipinski definition) is 1. The number of carboxylic acids is 1. The zero-order valence-electron chi connectivity index (χ0n) is 11.7. The predicted octanol–water partition coefficient (Wildman–Crippen LogP) is 3.47. The summed E-state index contributed by atoms with van der Waals surface area (Å²) >= 11 is 1.19. The van der Waals surface area contributed by atoms with Crippen LogP contribution in [0.4, 0.5) is 0 Å². The molecule has 0 unspecified atom stereocenters. The summed E-state index contributed by atoms with van der Waals surface area (Å²) in [6, 6.07) is 7.71. The first kappa shape index (κ1) is 13.6. The van der Waals surface area contributed by atoms with Crippen molar-refractivity contribution in [2.45, 2.75) is 13.8 Å². The molecule has 3 rings (SSSR count). The van der Waals surface area contributed by atoms with Crippen molar-refractivity contribution >= 4 is 22.3 Å². The molecule has 1 N–H and O–H groups in total. The fourth-order valence-electron chi connectivity index (χ4n) is 2.18. The highest BCUT2D eigenvalue weighted by Crippen LogP contribution is 2.28. The number of nitrogens with zero attached hydrogens (tertiary/aromatic N) is 2. The highest BCUT2D eigenvalue weighted by molar-refractivity contribution is 7.19. The number of thiazole rings is 1. The van der Waals surface area contributed by atoms with E-state index in [1.54, 1.807) is 6.92 Å². The van der Waals surface area contributed by atoms with Gasteiger partial charge >= 0.3 is 5.97 Å². The van der Waals surface area contributed by atoms with E-state index in [0.717, 1.165) is 17.0 Å². The number of benzene rings is 1. The zero-order valence-corrected chi connectivity index (χ0v) is 12.5. The van der Waals surface area contributed by atoms with Crippen LogP contribution in [-0.2, 0) is 0 Å². The summed E-state index contributed by atoms with van der Waals surface area (Å²) in [5.74, 6) is -0.0859. The number of aromatic nitrogens is 2. The first-order valence-electron chi connectivity index (χ1n) is 6.55. The van der Waals surface area contributed by atoms with E-state index in [2.05, 4.69) is 4.98 Å². The molecule has 0 spiro atoms. The predicted molar refractivity (Wildman–Crippen MR) is 81.4 cm³/mol. The van der Waals surface area contributed by atoms with Crippen molar-refractivity contribution in [3.8, 4) is 17.0 Å². The summed E-state index contributed by atoms with van der Waals surface area (Å²) in [5, 5.41) is 9.11. The number of fused-ring (bicyclic) bond motifs is 1. The Bertz CT molecular complexity index is 802. The molecule has 5 nitrogen and oxygen atoms in total. The van der Waals surface area contributed by atoms with E-state index in [1.807, 2.05) is 41.8 Å². The average Bonchev–Trinajstić information content (AvgIpc) is 3.00. The maximum absolute atomic E-state index is 11.1. The van der Waals surface area contributed by atoms with Gasteiger partial charge in [0, 0.05) is 17.5 Å². The van der Waals surface area contributed by atoms with Gasteiger partial charge in [0.05, 0.1) is 12.3 Å². The number of carboxylic acid groups (broad SMARTS) is 1. The number of carbonyl (C=O) groups is 1. The molecular formula is C15H14N2O3S. The van der Waals surface area contributed by atoms with Crippen molar-refractivity contribution in [2.75, 3.05) is 6.61 Å². The van der Waals surface area contributed by atoms with Crippen LogP contribution in [0, 0.1) is 6.92 Å². The Kier molecular flexibility index (Phi) is 3.39. The Labute approximate surface area is 125 Å². The van der Waals surface area contributed by atoms with Gasteiger partial charge in [-0.05, 0) is 38.1 Å². The molecule has 2 aromatic heterocycles. The van der Waals surface area contributed by atoms with Crippen LogP contribution in [0.15, 0.2) is 30.5 Å². The third kappa shape index (κ3) is 2.38. The molecule has 0 aliphatic rings. The number of aromatic carboxylic acids is 1. The first-order chi connectivity index (χ1) is 10.1. The highest BCUT2D eigenvalue weighted by Gasteiger charge is 2.17. The lowest BCUT2D eigenvalue weighted by Gasteiger charge is -2.03. The molecule has 0 radical (unpaired) electrons. The van der Waals surface area contributed by atoms with E-state index in [1.165, 1.54) is 11.3 Å². The van der Waals surface area contributed by atoms with Crippen molar-refractivity contribution < 1.29 is 14.6 Å². The number of hydrogen-bond acceptors (Lipinski definition) is 4. The molecule has 6 heteroatoms. The topological polar surface area (TPSA) is 63.8 Å². The number of aryl methyl sites for hydroxylation is 1. The molecule has 0 saturated carbocycles. The molecule has 0 bridgehead atoms. The van der Waals surface area contributed by atoms with Crippen LogP contribution in [0.1, 0.15) is 22.3 Å². The summed E-state index contributed by atoms with van der Waals surface area (Å²) in [7, 11) is 0. The quantitative estimate of drug-likeness (QED) is 0.801. The molecule has 0 amide bonds. The second kappa shape index (κ2) is 5.21. The van der Waals surface area contributed by atoms with E-state index < -0.39 is 5.97 Å². The van der Waals surface area contributed by atoms with Crippen LogP contribution in [0.3, 0.4) is 0 Å². The lowest BCUT2D eigenvalue weighted by molar-refractivity contribution is 0.0701. The fraction of sp³-hybridized carbons (Fsp3) is 0.200. The van der Waals surface area contributed by atoms with Crippen LogP contribution in [0.5, 0.6) is 5.75 Å². The molecular weight excluding hydrogens is 288 g/mol. The normalized spacial score (nSPS) is 11.0. The zero-order chi connectivity index (χ0) is 15.0. The Hall–Kier alpha value is -2.34. The Morgan fingerprint density at radius 1 is 1.38 bits per heavy atom. The van der Waals surface area contributed by atoms with E-state index in [0.29, 0.717) is 22.1 Å². The number of ether oxygens (including phenoxy) is 1. The molecule has 3 aromatic rings. The van der Waals surface area contributed by atoms with Gasteiger partial charge in [-0.2, -0.15) is 0 Å². The van der Waals surface area contributed by atoms with Crippen molar-refractivity contribution in [1.29, 1.82) is 0 Å². The third-order valence-electron chi connectivity index (χ3n) is 3.21. The number of imidazole rings is 1. The molecule has 2 heterocycles. The maximum atomic E-state index is 11.1. The van der Waals surface area contributed by atoms with E-state index in [4.69, 9.17) is 9.84 Å². The summed E-state index contributed by atoms with van der Waals surface area (Å²) in [5.41, 5.74) is 2.50. The smallest absolute Gasteiger partial charge is 0.347 e. The van der Waals surface area contributed by atoms with Gasteiger partial charge in [0.1, 0.15) is 10.6 Å². The monoisotopic (exact) mass is 302 g/mol. The molecule has 0 aliphatic heterocycles. The van der Waals surface area contributed by atoms with Gasteiger partial charge in [-0.15, -0.1) is 0 Å². The third-order valence-corrected chi connectivity index (χ3v) is 4.36. The van der Waals surface area contributed by atoms with Gasteiger partial charge in [0.15, 0.2) is 4.96 Å². The molecule has 1 aromatic carbocycles. The van der Waals surface area contributed by atoms with Gasteiger partial charge in [-0.1, -0.05) is 11.3 Å². The van der Waals surface area contributed by atoms with Crippen molar-refractivity contribution in [3.05, 3.63) is 41.0 Å². The number of rotatable bonds is 4. The molecule has 0 fully saturated rings. The van der Waals surface area contributed by atoms with Crippen LogP contribution in [0.2, 0.25) is 0 Å². The summed E-state index contributed by atoms with van der Waals surface area (Å²) < 4.78 is 7.23. The summed E-state index contributed by atoms with van der Waals surface area (Å²) in [6.45, 7) is 4.37. The minimum Gasteiger partial charge on any atom is -0.494 e. The van der Waals surface area contributed by atoms with Crippen molar-refractivity contribution in [1.82, 2.24) is 9.38 Å². The van der Waals surface area contributed by atoms with Gasteiger partial charge in [0.25, 0.3) is 0 Å². The van der Waals surface area contributed by atoms with E-state index in [9.17, 15) is 4.79 Å². The average molecular weight is 302 g/mol. The van der Waals surface area contributed by atoms with Crippen LogP contribution in [-0.4, -0.2) is 27.1 Å². The van der Waals surface area contributed by atoms with Crippen molar-refractivity contribution in [3.63, 3.8) is 0 Å². The lowest BCUT2D eigenvalue weighted by atomic mass is 10.2. The molecule has 0 aliphatic carbocycles. The summed E-state index contributed by atoms with van der Waals surface area (Å²) in [6.07, 6.45) is 1.86. The SMILES string of the molecule is CCOc1ccc(-c2cn3c(C)c(C(=O)O)sc3n2)cc1. The van der Waals surface area contributed by atoms with E-state index >= 15 is 0 Å². The largest absolute Gasteiger partial charge is 0.494 e. The van der Waals surface area contributed by atoms with Crippen LogP contribution in [0.25, 0.3) is 16.2 Å². The second-order valence-electron chi connectivity index (χ2n) is 4.56. The van der Waals surface area contributed by atoms with Gasteiger partial charge in [-0.25, -0.2) is 9.78 Å². The standard InChI is InChI=1S/C15H14N2O3S/c1-3-20-11-6-4-10(5-7-11)12-8-17-9(2)13(14(18)19)21-15(17)16-12/h4-8H,3H2,1-2H3,(H,18,19). The van der Waals surface area contributed by atoms with Gasteiger partial charge in [-0.3, -0.25) is 4.40 Å².